The second-order valence-electron chi connectivity index (χ2n) is 7.48. The van der Waals surface area contributed by atoms with E-state index in [0.29, 0.717) is 12.2 Å². The average molecular weight is 441 g/mol. The molecular formula is C23H28N4O3S. The lowest BCUT2D eigenvalue weighted by Crippen LogP contribution is -2.35. The number of hydrogen-bond donors (Lipinski definition) is 1. The molecule has 0 saturated carbocycles. The van der Waals surface area contributed by atoms with Crippen molar-refractivity contribution in [2.75, 3.05) is 17.4 Å². The first kappa shape index (κ1) is 22.6. The Balaban J connectivity index is 1.66. The van der Waals surface area contributed by atoms with E-state index in [1.807, 2.05) is 36.7 Å². The third-order valence-electron chi connectivity index (χ3n) is 4.95. The lowest BCUT2D eigenvalue weighted by atomic mass is 10.2. The molecule has 7 nitrogen and oxygen atoms in total. The highest BCUT2D eigenvalue weighted by Gasteiger charge is 2.25. The Morgan fingerprint density at radius 2 is 1.68 bits per heavy atom. The van der Waals surface area contributed by atoms with Gasteiger partial charge >= 0.3 is 0 Å². The zero-order chi connectivity index (χ0) is 22.3. The van der Waals surface area contributed by atoms with E-state index in [9.17, 15) is 13.2 Å². The maximum absolute atomic E-state index is 13.3. The Bertz CT molecular complexity index is 1080. The molecule has 3 aromatic rings. The topological polar surface area (TPSA) is 84.3 Å². The van der Waals surface area contributed by atoms with Gasteiger partial charge in [-0.2, -0.15) is 0 Å². The van der Waals surface area contributed by atoms with Crippen molar-refractivity contribution in [1.82, 2.24) is 14.9 Å². The largest absolute Gasteiger partial charge is 0.356 e. The summed E-state index contributed by atoms with van der Waals surface area (Å²) in [5, 5.41) is 2.87. The number of amides is 1. The van der Waals surface area contributed by atoms with Gasteiger partial charge in [0.2, 0.25) is 5.91 Å². The molecule has 8 heteroatoms. The summed E-state index contributed by atoms with van der Waals surface area (Å²) in [6.07, 6.45) is 6.16. The summed E-state index contributed by atoms with van der Waals surface area (Å²) in [5.41, 5.74) is 2.56. The molecule has 31 heavy (non-hydrogen) atoms. The summed E-state index contributed by atoms with van der Waals surface area (Å²) < 4.78 is 29.9. The third-order valence-corrected chi connectivity index (χ3v) is 6.79. The second kappa shape index (κ2) is 10.3. The van der Waals surface area contributed by atoms with Crippen molar-refractivity contribution in [2.24, 2.45) is 0 Å². The SMILES string of the molecule is Cc1ccc(N(CCC(=O)NCCCn2ccnc2)S(=O)(=O)c2ccc(C)cc2)cc1. The van der Waals surface area contributed by atoms with Gasteiger partial charge in [-0.25, -0.2) is 13.4 Å². The Morgan fingerprint density at radius 1 is 1.03 bits per heavy atom. The van der Waals surface area contributed by atoms with E-state index < -0.39 is 10.0 Å². The van der Waals surface area contributed by atoms with Gasteiger partial charge in [0.15, 0.2) is 0 Å². The Morgan fingerprint density at radius 3 is 2.29 bits per heavy atom. The minimum atomic E-state index is -3.79. The molecule has 0 spiro atoms. The van der Waals surface area contributed by atoms with Gasteiger partial charge in [0.1, 0.15) is 0 Å². The van der Waals surface area contributed by atoms with E-state index in [-0.39, 0.29) is 23.8 Å². The van der Waals surface area contributed by atoms with Crippen LogP contribution >= 0.6 is 0 Å². The number of rotatable bonds is 10. The second-order valence-corrected chi connectivity index (χ2v) is 9.34. The molecule has 0 atom stereocenters. The van der Waals surface area contributed by atoms with Crippen LogP contribution in [0.15, 0.2) is 72.1 Å². The average Bonchev–Trinajstić information content (AvgIpc) is 3.26. The number of nitrogens with zero attached hydrogens (tertiary/aromatic N) is 3. The molecule has 1 N–H and O–H groups in total. The molecular weight excluding hydrogens is 412 g/mol. The van der Waals surface area contributed by atoms with Crippen LogP contribution in [-0.2, 0) is 21.4 Å². The van der Waals surface area contributed by atoms with Gasteiger partial charge in [0, 0.05) is 38.4 Å². The highest BCUT2D eigenvalue weighted by atomic mass is 32.2. The molecule has 164 valence electrons. The van der Waals surface area contributed by atoms with Crippen molar-refractivity contribution in [3.63, 3.8) is 0 Å². The first-order valence-electron chi connectivity index (χ1n) is 10.2. The number of aryl methyl sites for hydroxylation is 3. The molecule has 1 aromatic heterocycles. The Hall–Kier alpha value is -3.13. The van der Waals surface area contributed by atoms with Gasteiger partial charge in [-0.1, -0.05) is 35.4 Å². The number of anilines is 1. The van der Waals surface area contributed by atoms with Crippen molar-refractivity contribution < 1.29 is 13.2 Å². The Labute approximate surface area is 183 Å². The lowest BCUT2D eigenvalue weighted by Gasteiger charge is -2.24. The number of hydrogen-bond acceptors (Lipinski definition) is 4. The van der Waals surface area contributed by atoms with E-state index in [2.05, 4.69) is 10.3 Å². The lowest BCUT2D eigenvalue weighted by molar-refractivity contribution is -0.120. The molecule has 1 heterocycles. The number of imidazole rings is 1. The van der Waals surface area contributed by atoms with Crippen molar-refractivity contribution in [3.05, 3.63) is 78.4 Å². The molecule has 0 aliphatic carbocycles. The maximum atomic E-state index is 13.3. The smallest absolute Gasteiger partial charge is 0.264 e. The molecule has 1 amide bonds. The molecule has 0 saturated heterocycles. The highest BCUT2D eigenvalue weighted by Crippen LogP contribution is 2.24. The molecule has 0 radical (unpaired) electrons. The predicted octanol–water partition coefficient (Wildman–Crippen LogP) is 3.29. The van der Waals surface area contributed by atoms with Gasteiger partial charge in [-0.15, -0.1) is 0 Å². The molecule has 0 unspecified atom stereocenters. The molecule has 0 aliphatic heterocycles. The summed E-state index contributed by atoms with van der Waals surface area (Å²) in [7, 11) is -3.79. The first-order chi connectivity index (χ1) is 14.9. The first-order valence-corrected chi connectivity index (χ1v) is 11.7. The molecule has 0 aliphatic rings. The van der Waals surface area contributed by atoms with Crippen LogP contribution in [0, 0.1) is 13.8 Å². The zero-order valence-electron chi connectivity index (χ0n) is 17.9. The van der Waals surface area contributed by atoms with Gasteiger partial charge in [-0.3, -0.25) is 9.10 Å². The van der Waals surface area contributed by atoms with E-state index in [1.165, 1.54) is 4.31 Å². The summed E-state index contributed by atoms with van der Waals surface area (Å²) >= 11 is 0. The van der Waals surface area contributed by atoms with Crippen LogP contribution in [0.3, 0.4) is 0 Å². The van der Waals surface area contributed by atoms with Crippen molar-refractivity contribution in [2.45, 2.75) is 38.1 Å². The molecule has 0 fully saturated rings. The Kier molecular flexibility index (Phi) is 7.46. The summed E-state index contributed by atoms with van der Waals surface area (Å²) in [4.78, 5) is 16.5. The standard InChI is InChI=1S/C23H28N4O3S/c1-19-4-8-21(9-5-19)27(31(29,30)22-10-6-20(2)7-11-22)16-12-23(28)25-13-3-15-26-17-14-24-18-26/h4-11,14,17-18H,3,12-13,15-16H2,1-2H3,(H,25,28). The van der Waals surface area contributed by atoms with Crippen molar-refractivity contribution in [1.29, 1.82) is 0 Å². The number of nitrogens with one attached hydrogen (secondary N) is 1. The van der Waals surface area contributed by atoms with Gasteiger partial charge in [-0.05, 0) is 44.5 Å². The van der Waals surface area contributed by atoms with E-state index in [0.717, 1.165) is 24.1 Å². The van der Waals surface area contributed by atoms with Gasteiger partial charge in [0.25, 0.3) is 10.0 Å². The normalized spacial score (nSPS) is 11.3. The van der Waals surface area contributed by atoms with Crippen LogP contribution in [0.1, 0.15) is 24.0 Å². The van der Waals surface area contributed by atoms with Crippen LogP contribution in [0.4, 0.5) is 5.69 Å². The monoisotopic (exact) mass is 440 g/mol. The summed E-state index contributed by atoms with van der Waals surface area (Å²) in [6, 6.07) is 14.0. The highest BCUT2D eigenvalue weighted by molar-refractivity contribution is 7.92. The van der Waals surface area contributed by atoms with Crippen LogP contribution in [-0.4, -0.2) is 37.0 Å². The number of carbonyl (C=O) groups excluding carboxylic acids is 1. The third kappa shape index (κ3) is 6.18. The van der Waals surface area contributed by atoms with Crippen LogP contribution in [0.25, 0.3) is 0 Å². The fourth-order valence-corrected chi connectivity index (χ4v) is 4.60. The quantitative estimate of drug-likeness (QED) is 0.490. The van der Waals surface area contributed by atoms with Crippen LogP contribution in [0.2, 0.25) is 0 Å². The molecule has 0 bridgehead atoms. The molecule has 2 aromatic carbocycles. The fourth-order valence-electron chi connectivity index (χ4n) is 3.14. The minimum absolute atomic E-state index is 0.0621. The number of benzene rings is 2. The number of carbonyl (C=O) groups is 1. The number of sulfonamides is 1. The fraction of sp³-hybridized carbons (Fsp3) is 0.304. The van der Waals surface area contributed by atoms with Crippen LogP contribution in [0.5, 0.6) is 0 Å². The number of aromatic nitrogens is 2. The summed E-state index contributed by atoms with van der Waals surface area (Å²) in [6.45, 7) is 5.20. The minimum Gasteiger partial charge on any atom is -0.356 e. The summed E-state index contributed by atoms with van der Waals surface area (Å²) in [5.74, 6) is -0.179. The molecule has 3 rings (SSSR count). The van der Waals surface area contributed by atoms with E-state index in [4.69, 9.17) is 0 Å². The van der Waals surface area contributed by atoms with Crippen molar-refractivity contribution in [3.8, 4) is 0 Å². The van der Waals surface area contributed by atoms with E-state index in [1.54, 1.807) is 48.9 Å². The van der Waals surface area contributed by atoms with Crippen molar-refractivity contribution >= 4 is 21.6 Å². The van der Waals surface area contributed by atoms with Crippen LogP contribution < -0.4 is 9.62 Å². The van der Waals surface area contributed by atoms with Gasteiger partial charge < -0.3 is 9.88 Å². The van der Waals surface area contributed by atoms with E-state index >= 15 is 0 Å². The maximum Gasteiger partial charge on any atom is 0.264 e. The zero-order valence-corrected chi connectivity index (χ0v) is 18.7. The predicted molar refractivity (Wildman–Crippen MR) is 121 cm³/mol. The van der Waals surface area contributed by atoms with Gasteiger partial charge in [0.05, 0.1) is 16.9 Å².